The summed E-state index contributed by atoms with van der Waals surface area (Å²) in [7, 11) is 0. The predicted octanol–water partition coefficient (Wildman–Crippen LogP) is 5.11. The quantitative estimate of drug-likeness (QED) is 0.687. The molecule has 0 spiro atoms. The molecule has 4 heteroatoms. The van der Waals surface area contributed by atoms with Crippen LogP contribution >= 0.6 is 23.2 Å². The number of rotatable bonds is 5. The number of hydrogen-bond donors (Lipinski definition) is 1. The van der Waals surface area contributed by atoms with Crippen molar-refractivity contribution in [3.05, 3.63) is 69.8 Å². The van der Waals surface area contributed by atoms with Crippen LogP contribution in [0.1, 0.15) is 18.1 Å². The Morgan fingerprint density at radius 3 is 2.45 bits per heavy atom. The largest absolute Gasteiger partial charge is 0.343 e. The second-order valence-corrected chi connectivity index (χ2v) is 6.09. The van der Waals surface area contributed by atoms with E-state index >= 15 is 0 Å². The van der Waals surface area contributed by atoms with Crippen LogP contribution in [-0.2, 0) is 13.1 Å². The molecule has 1 aromatic heterocycles. The molecule has 0 atom stereocenters. The van der Waals surface area contributed by atoms with Crippen LogP contribution in [0.2, 0.25) is 10.0 Å². The van der Waals surface area contributed by atoms with Crippen molar-refractivity contribution >= 4 is 34.1 Å². The van der Waals surface area contributed by atoms with Crippen LogP contribution in [0.5, 0.6) is 0 Å². The summed E-state index contributed by atoms with van der Waals surface area (Å²) in [5, 5.41) is 6.08. The molecule has 0 unspecified atom stereocenters. The van der Waals surface area contributed by atoms with Gasteiger partial charge in [0.05, 0.1) is 6.54 Å². The van der Waals surface area contributed by atoms with Gasteiger partial charge in [0, 0.05) is 39.3 Å². The average molecular weight is 333 g/mol. The minimum atomic E-state index is 0.672. The first-order valence-electron chi connectivity index (χ1n) is 7.41. The maximum absolute atomic E-state index is 6.31. The van der Waals surface area contributed by atoms with E-state index in [1.807, 2.05) is 18.2 Å². The molecule has 0 aliphatic heterocycles. The van der Waals surface area contributed by atoms with Crippen LogP contribution in [0.4, 0.5) is 0 Å². The van der Waals surface area contributed by atoms with E-state index < -0.39 is 0 Å². The van der Waals surface area contributed by atoms with E-state index in [1.54, 1.807) is 0 Å². The first-order chi connectivity index (χ1) is 10.7. The van der Waals surface area contributed by atoms with Gasteiger partial charge in [-0.05, 0) is 30.3 Å². The Bertz CT molecular complexity index is 773. The van der Waals surface area contributed by atoms with E-state index in [0.717, 1.165) is 18.7 Å². The van der Waals surface area contributed by atoms with E-state index in [0.29, 0.717) is 16.6 Å². The Morgan fingerprint density at radius 2 is 1.73 bits per heavy atom. The molecule has 0 saturated heterocycles. The second kappa shape index (κ2) is 6.74. The van der Waals surface area contributed by atoms with Crippen molar-refractivity contribution in [3.63, 3.8) is 0 Å². The zero-order valence-corrected chi connectivity index (χ0v) is 14.0. The normalized spacial score (nSPS) is 11.2. The van der Waals surface area contributed by atoms with Crippen LogP contribution in [0.15, 0.2) is 48.7 Å². The molecule has 0 aliphatic carbocycles. The van der Waals surface area contributed by atoms with Gasteiger partial charge in [0.25, 0.3) is 0 Å². The molecule has 114 valence electrons. The highest BCUT2D eigenvalue weighted by molar-refractivity contribution is 6.36. The lowest BCUT2D eigenvalue weighted by atomic mass is 10.2. The molecule has 0 saturated carbocycles. The predicted molar refractivity (Wildman–Crippen MR) is 94.9 cm³/mol. The third kappa shape index (κ3) is 3.00. The molecule has 0 radical (unpaired) electrons. The van der Waals surface area contributed by atoms with E-state index in [-0.39, 0.29) is 0 Å². The van der Waals surface area contributed by atoms with Crippen molar-refractivity contribution in [1.29, 1.82) is 0 Å². The zero-order chi connectivity index (χ0) is 15.5. The van der Waals surface area contributed by atoms with Crippen molar-refractivity contribution < 1.29 is 0 Å². The van der Waals surface area contributed by atoms with Gasteiger partial charge >= 0.3 is 0 Å². The maximum atomic E-state index is 6.31. The average Bonchev–Trinajstić information content (AvgIpc) is 2.87. The number of hydrogen-bond acceptors (Lipinski definition) is 1. The van der Waals surface area contributed by atoms with Gasteiger partial charge in [0.15, 0.2) is 0 Å². The second-order valence-electron chi connectivity index (χ2n) is 5.28. The number of para-hydroxylation sites is 1. The van der Waals surface area contributed by atoms with Crippen LogP contribution in [0.25, 0.3) is 10.9 Å². The summed E-state index contributed by atoms with van der Waals surface area (Å²) < 4.78 is 2.22. The molecule has 0 amide bonds. The molecule has 0 aliphatic rings. The third-order valence-corrected chi connectivity index (χ3v) is 4.53. The summed E-state index contributed by atoms with van der Waals surface area (Å²) in [6.07, 6.45) is 2.19. The van der Waals surface area contributed by atoms with Crippen molar-refractivity contribution in [1.82, 2.24) is 9.88 Å². The highest BCUT2D eigenvalue weighted by Gasteiger charge is 2.11. The molecule has 1 heterocycles. The monoisotopic (exact) mass is 332 g/mol. The summed E-state index contributed by atoms with van der Waals surface area (Å²) in [6, 6.07) is 14.1. The van der Waals surface area contributed by atoms with Crippen molar-refractivity contribution in [3.8, 4) is 0 Å². The Balaban J connectivity index is 2.04. The number of nitrogens with zero attached hydrogens (tertiary/aromatic N) is 1. The molecule has 0 fully saturated rings. The van der Waals surface area contributed by atoms with E-state index in [2.05, 4.69) is 47.3 Å². The van der Waals surface area contributed by atoms with Gasteiger partial charge < -0.3 is 9.88 Å². The van der Waals surface area contributed by atoms with E-state index in [9.17, 15) is 0 Å². The van der Waals surface area contributed by atoms with Crippen molar-refractivity contribution in [2.24, 2.45) is 0 Å². The molecule has 3 aromatic rings. The van der Waals surface area contributed by atoms with Gasteiger partial charge in [-0.1, -0.05) is 54.4 Å². The molecule has 2 nitrogen and oxygen atoms in total. The van der Waals surface area contributed by atoms with Gasteiger partial charge in [-0.2, -0.15) is 0 Å². The topological polar surface area (TPSA) is 17.0 Å². The summed E-state index contributed by atoms with van der Waals surface area (Å²) in [4.78, 5) is 0. The van der Waals surface area contributed by atoms with Gasteiger partial charge in [-0.3, -0.25) is 0 Å². The molecule has 2 aromatic carbocycles. The van der Waals surface area contributed by atoms with Crippen molar-refractivity contribution in [2.45, 2.75) is 20.0 Å². The summed E-state index contributed by atoms with van der Waals surface area (Å²) in [5.74, 6) is 0. The molecular formula is C18H18Cl2N2. The Hall–Kier alpha value is -1.48. The SMILES string of the molecule is CCNCc1cn(Cc2c(Cl)cccc2Cl)c2ccccc12. The van der Waals surface area contributed by atoms with Crippen LogP contribution in [-0.4, -0.2) is 11.1 Å². The number of benzene rings is 2. The number of fused-ring (bicyclic) bond motifs is 1. The highest BCUT2D eigenvalue weighted by Crippen LogP contribution is 2.28. The Labute approximate surface area is 140 Å². The maximum Gasteiger partial charge on any atom is 0.0505 e. The lowest BCUT2D eigenvalue weighted by molar-refractivity contribution is 0.724. The van der Waals surface area contributed by atoms with Crippen LogP contribution < -0.4 is 5.32 Å². The smallest absolute Gasteiger partial charge is 0.0505 e. The lowest BCUT2D eigenvalue weighted by Gasteiger charge is -2.09. The van der Waals surface area contributed by atoms with Crippen LogP contribution in [0.3, 0.4) is 0 Å². The summed E-state index contributed by atoms with van der Waals surface area (Å²) in [5.41, 5.74) is 3.45. The third-order valence-electron chi connectivity index (χ3n) is 3.83. The number of aromatic nitrogens is 1. The number of halogens is 2. The first-order valence-corrected chi connectivity index (χ1v) is 8.16. The lowest BCUT2D eigenvalue weighted by Crippen LogP contribution is -2.11. The van der Waals surface area contributed by atoms with Gasteiger partial charge in [-0.15, -0.1) is 0 Å². The number of nitrogens with one attached hydrogen (secondary N) is 1. The molecule has 1 N–H and O–H groups in total. The zero-order valence-electron chi connectivity index (χ0n) is 12.4. The molecule has 22 heavy (non-hydrogen) atoms. The van der Waals surface area contributed by atoms with E-state index in [1.165, 1.54) is 16.5 Å². The minimum absolute atomic E-state index is 0.672. The van der Waals surface area contributed by atoms with E-state index in [4.69, 9.17) is 23.2 Å². The fraction of sp³-hybridized carbons (Fsp3) is 0.222. The minimum Gasteiger partial charge on any atom is -0.343 e. The fourth-order valence-electron chi connectivity index (χ4n) is 2.71. The van der Waals surface area contributed by atoms with Crippen molar-refractivity contribution in [2.75, 3.05) is 6.54 Å². The molecular weight excluding hydrogens is 315 g/mol. The summed E-state index contributed by atoms with van der Waals surface area (Å²) >= 11 is 12.6. The Morgan fingerprint density at radius 1 is 1.00 bits per heavy atom. The first kappa shape index (κ1) is 15.4. The Kier molecular flexibility index (Phi) is 4.72. The standard InChI is InChI=1S/C18H18Cl2N2/c1-2-21-10-13-11-22(18-9-4-3-6-14(13)18)12-15-16(19)7-5-8-17(15)20/h3-9,11,21H,2,10,12H2,1H3. The van der Waals surface area contributed by atoms with Crippen LogP contribution in [0, 0.1) is 0 Å². The molecule has 0 bridgehead atoms. The molecule has 3 rings (SSSR count). The van der Waals surface area contributed by atoms with Gasteiger partial charge in [-0.25, -0.2) is 0 Å². The fourth-order valence-corrected chi connectivity index (χ4v) is 3.22. The van der Waals surface area contributed by atoms with Gasteiger partial charge in [0.2, 0.25) is 0 Å². The summed E-state index contributed by atoms with van der Waals surface area (Å²) in [6.45, 7) is 4.60. The van der Waals surface area contributed by atoms with Gasteiger partial charge in [0.1, 0.15) is 0 Å². The highest BCUT2D eigenvalue weighted by atomic mass is 35.5.